The van der Waals surface area contributed by atoms with Gasteiger partial charge in [-0.15, -0.1) is 0 Å². The third-order valence-corrected chi connectivity index (χ3v) is 8.81. The van der Waals surface area contributed by atoms with Crippen molar-refractivity contribution in [3.8, 4) is 5.75 Å². The van der Waals surface area contributed by atoms with Crippen molar-refractivity contribution in [3.63, 3.8) is 0 Å². The highest BCUT2D eigenvalue weighted by molar-refractivity contribution is 7.89. The first-order chi connectivity index (χ1) is 21.1. The number of aromatic nitrogens is 1. The van der Waals surface area contributed by atoms with E-state index in [0.29, 0.717) is 29.7 Å². The summed E-state index contributed by atoms with van der Waals surface area (Å²) in [6, 6.07) is 5.85. The number of aryl methyl sites for hydroxylation is 4. The Kier molecular flexibility index (Phi) is 12.7. The van der Waals surface area contributed by atoms with Gasteiger partial charge >= 0.3 is 11.9 Å². The second kappa shape index (κ2) is 16.0. The molecule has 248 valence electrons. The molecular formula is C32H46N4O8S. The number of anilines is 1. The molecule has 2 heterocycles. The number of carbonyl (C=O) groups excluding carboxylic acids is 2. The molecule has 13 heteroatoms. The van der Waals surface area contributed by atoms with Crippen LogP contribution in [0.1, 0.15) is 81.7 Å². The number of esters is 1. The smallest absolute Gasteiger partial charge is 0.326 e. The first-order valence-corrected chi connectivity index (χ1v) is 16.8. The molecule has 2 aromatic rings. The highest BCUT2D eigenvalue weighted by atomic mass is 32.2. The molecule has 0 bridgehead atoms. The molecule has 45 heavy (non-hydrogen) atoms. The summed E-state index contributed by atoms with van der Waals surface area (Å²) in [5.74, 6) is -0.698. The molecule has 12 nitrogen and oxygen atoms in total. The minimum atomic E-state index is -4.23. The summed E-state index contributed by atoms with van der Waals surface area (Å²) in [6.07, 6.45) is 4.68. The Balaban J connectivity index is 1.60. The van der Waals surface area contributed by atoms with Gasteiger partial charge in [-0.2, -0.15) is 4.72 Å². The molecule has 0 aliphatic carbocycles. The molecule has 0 saturated carbocycles. The van der Waals surface area contributed by atoms with E-state index in [1.807, 2.05) is 6.07 Å². The van der Waals surface area contributed by atoms with Gasteiger partial charge in [0, 0.05) is 31.6 Å². The van der Waals surface area contributed by atoms with Gasteiger partial charge in [-0.1, -0.05) is 6.07 Å². The van der Waals surface area contributed by atoms with Gasteiger partial charge in [0.05, 0.1) is 11.5 Å². The molecular weight excluding hydrogens is 600 g/mol. The van der Waals surface area contributed by atoms with E-state index in [4.69, 9.17) is 14.6 Å². The number of carbonyl (C=O) groups is 3. The van der Waals surface area contributed by atoms with E-state index in [1.54, 1.807) is 46.8 Å². The lowest BCUT2D eigenvalue weighted by Crippen LogP contribution is -2.50. The van der Waals surface area contributed by atoms with E-state index in [9.17, 15) is 22.8 Å². The second-order valence-corrected chi connectivity index (χ2v) is 13.9. The van der Waals surface area contributed by atoms with E-state index >= 15 is 0 Å². The van der Waals surface area contributed by atoms with Crippen molar-refractivity contribution in [3.05, 3.63) is 46.6 Å². The first-order valence-electron chi connectivity index (χ1n) is 15.3. The third-order valence-electron chi connectivity index (χ3n) is 7.04. The largest absolute Gasteiger partial charge is 0.494 e. The standard InChI is InChI=1S/C32H46N4O8S/c1-21-18-25(43-17-9-13-28(38)39)19-22(2)29(21)45(41,42)36-26(31(40)44-32(3,4)5)20-34-27(37)12-7-6-11-24-15-14-23-10-8-16-33-30(23)35-24/h14-15,18-19,26,36H,6-13,16-17,20H2,1-5H3,(H,33,35)(H,34,37)(H,38,39)/t26-/m1/s1. The van der Waals surface area contributed by atoms with Crippen LogP contribution in [-0.2, 0) is 42.0 Å². The number of nitrogens with one attached hydrogen (secondary N) is 3. The first kappa shape index (κ1) is 35.8. The predicted octanol–water partition coefficient (Wildman–Crippen LogP) is 3.82. The summed E-state index contributed by atoms with van der Waals surface area (Å²) < 4.78 is 40.6. The average Bonchev–Trinajstić information content (AvgIpc) is 2.94. The van der Waals surface area contributed by atoms with Crippen molar-refractivity contribution < 1.29 is 37.4 Å². The van der Waals surface area contributed by atoms with E-state index in [1.165, 1.54) is 5.56 Å². The molecule has 0 saturated heterocycles. The van der Waals surface area contributed by atoms with Crippen molar-refractivity contribution in [2.45, 2.75) is 103 Å². The zero-order valence-electron chi connectivity index (χ0n) is 26.8. The van der Waals surface area contributed by atoms with Crippen LogP contribution in [0.4, 0.5) is 5.82 Å². The Bertz CT molecular complexity index is 1450. The zero-order valence-corrected chi connectivity index (χ0v) is 27.6. The predicted molar refractivity (Wildman–Crippen MR) is 170 cm³/mol. The Labute approximate surface area is 265 Å². The van der Waals surface area contributed by atoms with Crippen LogP contribution in [0.2, 0.25) is 0 Å². The SMILES string of the molecule is Cc1cc(OCCCC(=O)O)cc(C)c1S(=O)(=O)N[C@H](CNC(=O)CCCCc1ccc2c(n1)NCCC2)C(=O)OC(C)(C)C. The van der Waals surface area contributed by atoms with Gasteiger partial charge in [0.1, 0.15) is 23.2 Å². The number of rotatable bonds is 16. The number of fused-ring (bicyclic) bond motifs is 1. The van der Waals surface area contributed by atoms with Crippen LogP contribution in [0.3, 0.4) is 0 Å². The molecule has 1 atom stereocenters. The van der Waals surface area contributed by atoms with E-state index < -0.39 is 33.6 Å². The fourth-order valence-electron chi connectivity index (χ4n) is 5.03. The highest BCUT2D eigenvalue weighted by Gasteiger charge is 2.32. The summed E-state index contributed by atoms with van der Waals surface area (Å²) in [5, 5.41) is 14.8. The lowest BCUT2D eigenvalue weighted by Gasteiger charge is -2.25. The van der Waals surface area contributed by atoms with E-state index in [2.05, 4.69) is 26.4 Å². The van der Waals surface area contributed by atoms with Gasteiger partial charge in [-0.3, -0.25) is 14.4 Å². The number of carboxylic acids is 1. The summed E-state index contributed by atoms with van der Waals surface area (Å²) >= 11 is 0. The quantitative estimate of drug-likeness (QED) is 0.155. The molecule has 4 N–H and O–H groups in total. The summed E-state index contributed by atoms with van der Waals surface area (Å²) in [4.78, 5) is 41.1. The van der Waals surface area contributed by atoms with Crippen molar-refractivity contribution in [1.82, 2.24) is 15.0 Å². The number of hydrogen-bond donors (Lipinski definition) is 4. The van der Waals surface area contributed by atoms with Gasteiger partial charge in [0.2, 0.25) is 15.9 Å². The number of amides is 1. The maximum Gasteiger partial charge on any atom is 0.326 e. The minimum Gasteiger partial charge on any atom is -0.494 e. The summed E-state index contributed by atoms with van der Waals surface area (Å²) in [7, 11) is -4.23. The lowest BCUT2D eigenvalue weighted by atomic mass is 10.1. The number of aliphatic carboxylic acids is 1. The van der Waals surface area contributed by atoms with Gasteiger partial charge in [-0.25, -0.2) is 13.4 Å². The molecule has 0 spiro atoms. The highest BCUT2D eigenvalue weighted by Crippen LogP contribution is 2.26. The summed E-state index contributed by atoms with van der Waals surface area (Å²) in [5.41, 5.74) is 2.07. The molecule has 1 aliphatic heterocycles. The second-order valence-electron chi connectivity index (χ2n) is 12.3. The van der Waals surface area contributed by atoms with E-state index in [0.717, 1.165) is 43.7 Å². The Morgan fingerprint density at radius 2 is 1.78 bits per heavy atom. The van der Waals surface area contributed by atoms with Crippen LogP contribution < -0.4 is 20.1 Å². The normalized spacial score (nSPS) is 13.7. The monoisotopic (exact) mass is 646 g/mol. The van der Waals surface area contributed by atoms with Crippen LogP contribution in [0.15, 0.2) is 29.2 Å². The Morgan fingerprint density at radius 1 is 1.07 bits per heavy atom. The molecule has 0 fully saturated rings. The fourth-order valence-corrected chi connectivity index (χ4v) is 6.67. The maximum absolute atomic E-state index is 13.5. The maximum atomic E-state index is 13.5. The molecule has 1 aromatic carbocycles. The molecule has 0 unspecified atom stereocenters. The van der Waals surface area contributed by atoms with E-state index in [-0.39, 0.29) is 36.8 Å². The van der Waals surface area contributed by atoms with Crippen LogP contribution in [-0.4, -0.2) is 67.7 Å². The molecule has 0 radical (unpaired) electrons. The van der Waals surface area contributed by atoms with Gasteiger partial charge in [0.15, 0.2) is 0 Å². The summed E-state index contributed by atoms with van der Waals surface area (Å²) in [6.45, 7) is 9.02. The average molecular weight is 647 g/mol. The topological polar surface area (TPSA) is 173 Å². The number of hydrogen-bond acceptors (Lipinski definition) is 9. The van der Waals surface area contributed by atoms with Gasteiger partial charge in [-0.05, 0) is 108 Å². The van der Waals surface area contributed by atoms with Crippen LogP contribution in [0, 0.1) is 13.8 Å². The lowest BCUT2D eigenvalue weighted by molar-refractivity contribution is -0.156. The van der Waals surface area contributed by atoms with Crippen molar-refractivity contribution in [1.29, 1.82) is 0 Å². The number of unbranched alkanes of at least 4 members (excludes halogenated alkanes) is 1. The number of benzene rings is 1. The number of nitrogens with zero attached hydrogens (tertiary/aromatic N) is 1. The van der Waals surface area contributed by atoms with Gasteiger partial charge < -0.3 is 25.2 Å². The fraction of sp³-hybridized carbons (Fsp3) is 0.562. The zero-order chi connectivity index (χ0) is 33.2. The molecule has 3 rings (SSSR count). The van der Waals surface area contributed by atoms with Crippen molar-refractivity contribution in [2.75, 3.05) is 25.0 Å². The molecule has 1 amide bonds. The third kappa shape index (κ3) is 11.6. The van der Waals surface area contributed by atoms with Crippen molar-refractivity contribution >= 4 is 33.7 Å². The Morgan fingerprint density at radius 3 is 2.44 bits per heavy atom. The van der Waals surface area contributed by atoms with Crippen LogP contribution >= 0.6 is 0 Å². The minimum absolute atomic E-state index is 0.0220. The van der Waals surface area contributed by atoms with Gasteiger partial charge in [0.25, 0.3) is 0 Å². The number of sulfonamides is 1. The Hall–Kier alpha value is -3.71. The number of carboxylic acid groups (broad SMARTS) is 1. The number of pyridine rings is 1. The molecule has 1 aromatic heterocycles. The molecule has 1 aliphatic rings. The van der Waals surface area contributed by atoms with Crippen LogP contribution in [0.25, 0.3) is 0 Å². The number of ether oxygens (including phenoxy) is 2. The van der Waals surface area contributed by atoms with Crippen LogP contribution in [0.5, 0.6) is 5.75 Å². The van der Waals surface area contributed by atoms with Crippen molar-refractivity contribution in [2.24, 2.45) is 0 Å².